The molecular formula is C37H63N3O. The molecule has 0 aromatic rings. The molecule has 0 aromatic heterocycles. The van der Waals surface area contributed by atoms with Gasteiger partial charge in [0, 0.05) is 0 Å². The molecule has 41 heavy (non-hydrogen) atoms. The maximum Gasteiger partial charge on any atom is 0.0641 e. The van der Waals surface area contributed by atoms with Gasteiger partial charge in [0.05, 0.1) is 30.7 Å². The topological polar surface area (TPSA) is 45.3 Å². The summed E-state index contributed by atoms with van der Waals surface area (Å²) in [7, 11) is 0. The van der Waals surface area contributed by atoms with Gasteiger partial charge in [-0.2, -0.15) is 0 Å². The highest BCUT2D eigenvalue weighted by Gasteiger charge is 2.58. The molecule has 2 saturated heterocycles. The van der Waals surface area contributed by atoms with Crippen LogP contribution >= 0.6 is 0 Å². The summed E-state index contributed by atoms with van der Waals surface area (Å²) in [5.74, 6) is 7.66. The van der Waals surface area contributed by atoms with E-state index in [1.165, 1.54) is 148 Å². The smallest absolute Gasteiger partial charge is 0.0641 e. The van der Waals surface area contributed by atoms with Crippen molar-refractivity contribution in [2.75, 3.05) is 0 Å². The molecule has 3 N–H and O–H groups in total. The van der Waals surface area contributed by atoms with Gasteiger partial charge in [0.2, 0.25) is 0 Å². The Bertz CT molecular complexity index is 821. The molecule has 10 atom stereocenters. The van der Waals surface area contributed by atoms with Crippen LogP contribution in [0.5, 0.6) is 0 Å². The van der Waals surface area contributed by atoms with Crippen molar-refractivity contribution in [1.82, 2.24) is 16.0 Å². The molecule has 0 aromatic carbocycles. The zero-order valence-electron chi connectivity index (χ0n) is 26.3. The first-order valence-corrected chi connectivity index (χ1v) is 19.3. The molecular weight excluding hydrogens is 502 g/mol. The fraction of sp³-hybridized carbons (Fsp3) is 1.00. The van der Waals surface area contributed by atoms with Crippen LogP contribution in [0, 0.1) is 53.3 Å². The summed E-state index contributed by atoms with van der Waals surface area (Å²) < 4.78 is 7.42. The maximum absolute atomic E-state index is 7.42. The Morgan fingerprint density at radius 3 is 1.39 bits per heavy atom. The van der Waals surface area contributed by atoms with Crippen LogP contribution in [-0.4, -0.2) is 30.7 Å². The third kappa shape index (κ3) is 5.61. The third-order valence-corrected chi connectivity index (χ3v) is 14.6. The average Bonchev–Trinajstić information content (AvgIpc) is 3.44. The van der Waals surface area contributed by atoms with Gasteiger partial charge in [0.1, 0.15) is 0 Å². The molecule has 6 saturated carbocycles. The van der Waals surface area contributed by atoms with E-state index in [2.05, 4.69) is 16.0 Å². The van der Waals surface area contributed by atoms with E-state index in [9.17, 15) is 0 Å². The zero-order chi connectivity index (χ0) is 27.2. The van der Waals surface area contributed by atoms with Gasteiger partial charge in [-0.25, -0.2) is 0 Å². The SMILES string of the molecule is C1CCC(C2NC(C3CCCCC3)NC(C3CC4C5CCCC(C6CCCCC6)C5OC4C4CCCCC34)N2)CC1. The molecule has 4 heteroatoms. The van der Waals surface area contributed by atoms with Crippen molar-refractivity contribution >= 4 is 0 Å². The Balaban J connectivity index is 1.05. The Morgan fingerprint density at radius 1 is 0.317 bits per heavy atom. The summed E-state index contributed by atoms with van der Waals surface area (Å²) in [6.07, 6.45) is 36.2. The Kier molecular flexibility index (Phi) is 8.76. The van der Waals surface area contributed by atoms with Crippen molar-refractivity contribution in [3.05, 3.63) is 0 Å². The van der Waals surface area contributed by atoms with Crippen molar-refractivity contribution in [2.24, 2.45) is 53.3 Å². The Morgan fingerprint density at radius 2 is 0.756 bits per heavy atom. The summed E-state index contributed by atoms with van der Waals surface area (Å²) in [6, 6.07) is 0. The minimum atomic E-state index is 0.499. The summed E-state index contributed by atoms with van der Waals surface area (Å²) in [5.41, 5.74) is 0. The van der Waals surface area contributed by atoms with Crippen LogP contribution in [0.4, 0.5) is 0 Å². The normalized spacial score (nSPS) is 48.7. The van der Waals surface area contributed by atoms with E-state index >= 15 is 0 Å². The number of hydrogen-bond acceptors (Lipinski definition) is 4. The minimum absolute atomic E-state index is 0.499. The van der Waals surface area contributed by atoms with Gasteiger partial charge < -0.3 is 4.74 Å². The zero-order valence-corrected chi connectivity index (χ0v) is 26.3. The van der Waals surface area contributed by atoms with Crippen LogP contribution in [0.3, 0.4) is 0 Å². The first kappa shape index (κ1) is 28.3. The largest absolute Gasteiger partial charge is 0.374 e. The van der Waals surface area contributed by atoms with Gasteiger partial charge in [-0.15, -0.1) is 0 Å². The van der Waals surface area contributed by atoms with Crippen LogP contribution in [-0.2, 0) is 4.74 Å². The maximum atomic E-state index is 7.42. The second-order valence-corrected chi connectivity index (χ2v) is 16.6. The molecule has 4 nitrogen and oxygen atoms in total. The van der Waals surface area contributed by atoms with Crippen molar-refractivity contribution in [3.8, 4) is 0 Å². The number of rotatable bonds is 4. The van der Waals surface area contributed by atoms with Gasteiger partial charge in [0.25, 0.3) is 0 Å². The lowest BCUT2D eigenvalue weighted by atomic mass is 9.56. The predicted octanol–water partition coefficient (Wildman–Crippen LogP) is 8.11. The van der Waals surface area contributed by atoms with E-state index in [0.29, 0.717) is 30.7 Å². The van der Waals surface area contributed by atoms with Gasteiger partial charge in [-0.05, 0) is 111 Å². The summed E-state index contributed by atoms with van der Waals surface area (Å²) in [5, 5.41) is 12.9. The molecule has 2 heterocycles. The highest BCUT2D eigenvalue weighted by molar-refractivity contribution is 5.08. The number of fused-ring (bicyclic) bond motifs is 5. The second-order valence-electron chi connectivity index (χ2n) is 16.6. The van der Waals surface area contributed by atoms with Gasteiger partial charge >= 0.3 is 0 Å². The predicted molar refractivity (Wildman–Crippen MR) is 167 cm³/mol. The molecule has 10 unspecified atom stereocenters. The monoisotopic (exact) mass is 565 g/mol. The molecule has 6 aliphatic carbocycles. The minimum Gasteiger partial charge on any atom is -0.374 e. The van der Waals surface area contributed by atoms with Gasteiger partial charge in [-0.3, -0.25) is 16.0 Å². The van der Waals surface area contributed by atoms with Crippen molar-refractivity contribution < 1.29 is 4.74 Å². The lowest BCUT2D eigenvalue weighted by Crippen LogP contribution is -2.73. The second kappa shape index (κ2) is 12.7. The van der Waals surface area contributed by atoms with E-state index in [1.54, 1.807) is 0 Å². The molecule has 0 bridgehead atoms. The number of ether oxygens (including phenoxy) is 1. The third-order valence-electron chi connectivity index (χ3n) is 14.6. The Hall–Kier alpha value is -0.160. The van der Waals surface area contributed by atoms with Crippen molar-refractivity contribution in [2.45, 2.75) is 178 Å². The summed E-state index contributed by atoms with van der Waals surface area (Å²) >= 11 is 0. The first-order valence-electron chi connectivity index (χ1n) is 19.3. The molecule has 0 spiro atoms. The van der Waals surface area contributed by atoms with E-state index in [1.807, 2.05) is 0 Å². The van der Waals surface area contributed by atoms with Crippen LogP contribution in [0.25, 0.3) is 0 Å². The van der Waals surface area contributed by atoms with E-state index < -0.39 is 0 Å². The Labute approximate surface area is 252 Å². The number of nitrogens with one attached hydrogen (secondary N) is 3. The van der Waals surface area contributed by atoms with Crippen LogP contribution in [0.1, 0.15) is 148 Å². The van der Waals surface area contributed by atoms with Crippen molar-refractivity contribution in [3.63, 3.8) is 0 Å². The first-order chi connectivity index (χ1) is 20.3. The van der Waals surface area contributed by atoms with E-state index in [-0.39, 0.29) is 0 Å². The van der Waals surface area contributed by atoms with Gasteiger partial charge in [0.15, 0.2) is 0 Å². The van der Waals surface area contributed by atoms with Crippen LogP contribution in [0.15, 0.2) is 0 Å². The quantitative estimate of drug-likeness (QED) is 0.322. The van der Waals surface area contributed by atoms with Crippen LogP contribution < -0.4 is 16.0 Å². The molecule has 8 rings (SSSR count). The molecule has 8 aliphatic rings. The fourth-order valence-electron chi connectivity index (χ4n) is 12.7. The molecule has 232 valence electrons. The van der Waals surface area contributed by atoms with Crippen LogP contribution in [0.2, 0.25) is 0 Å². The molecule has 2 aliphatic heterocycles. The lowest BCUT2D eigenvalue weighted by molar-refractivity contribution is -0.102. The highest BCUT2D eigenvalue weighted by atomic mass is 16.5. The van der Waals surface area contributed by atoms with E-state index in [4.69, 9.17) is 4.74 Å². The lowest BCUT2D eigenvalue weighted by Gasteiger charge is -2.54. The highest BCUT2D eigenvalue weighted by Crippen LogP contribution is 2.58. The fourth-order valence-corrected chi connectivity index (χ4v) is 12.7. The van der Waals surface area contributed by atoms with Gasteiger partial charge in [-0.1, -0.05) is 89.9 Å². The van der Waals surface area contributed by atoms with Crippen molar-refractivity contribution in [1.29, 1.82) is 0 Å². The van der Waals surface area contributed by atoms with E-state index in [0.717, 1.165) is 53.3 Å². The molecule has 0 amide bonds. The molecule has 8 fully saturated rings. The summed E-state index contributed by atoms with van der Waals surface area (Å²) in [4.78, 5) is 0. The number of hydrogen-bond donors (Lipinski definition) is 3. The summed E-state index contributed by atoms with van der Waals surface area (Å²) in [6.45, 7) is 0. The molecule has 0 radical (unpaired) electrons. The average molecular weight is 566 g/mol. The standard InChI is InChI=1S/C37H63N3O/c1-4-13-24(14-5-1)27-21-12-22-30-31-23-32(28-19-10-11-20-29(28)34(31)41-33(27)30)37-39-35(25-15-6-2-7-16-25)38-36(40-37)26-17-8-3-9-18-26/h24-40H,1-23H2.